The highest BCUT2D eigenvalue weighted by Gasteiger charge is 2.07. The molecule has 0 bridgehead atoms. The van der Waals surface area contributed by atoms with Crippen LogP contribution in [0.4, 0.5) is 5.69 Å². The number of nitrogen functional groups attached to an aromatic ring is 1. The van der Waals surface area contributed by atoms with Gasteiger partial charge in [0.15, 0.2) is 0 Å². The lowest BCUT2D eigenvalue weighted by Gasteiger charge is -2.06. The van der Waals surface area contributed by atoms with Crippen molar-refractivity contribution in [3.8, 4) is 0 Å². The molecule has 0 amide bonds. The highest BCUT2D eigenvalue weighted by molar-refractivity contribution is 9.10. The minimum absolute atomic E-state index is 0. The molecular formula is C10H13BrClNO2. The molecule has 1 rings (SSSR count). The predicted molar refractivity (Wildman–Crippen MR) is 66.1 cm³/mol. The average molecular weight is 295 g/mol. The highest BCUT2D eigenvalue weighted by Crippen LogP contribution is 2.23. The van der Waals surface area contributed by atoms with Gasteiger partial charge in [0.05, 0.1) is 7.11 Å². The molecule has 84 valence electrons. The number of nitrogens with two attached hydrogens (primary N) is 1. The number of esters is 1. The van der Waals surface area contributed by atoms with Crippen molar-refractivity contribution >= 4 is 40.0 Å². The van der Waals surface area contributed by atoms with Gasteiger partial charge < -0.3 is 10.5 Å². The van der Waals surface area contributed by atoms with Crippen molar-refractivity contribution in [3.63, 3.8) is 0 Å². The van der Waals surface area contributed by atoms with Gasteiger partial charge in [0.25, 0.3) is 0 Å². The molecule has 0 radical (unpaired) electrons. The van der Waals surface area contributed by atoms with Crippen molar-refractivity contribution in [1.29, 1.82) is 0 Å². The van der Waals surface area contributed by atoms with Crippen molar-refractivity contribution in [1.82, 2.24) is 0 Å². The standard InChI is InChI=1S/C10H12BrNO2.ClH/c1-14-10(13)6-5-7-8(11)3-2-4-9(7)12;/h2-4H,5-6,12H2,1H3;1H. The Kier molecular flexibility index (Phi) is 6.36. The van der Waals surface area contributed by atoms with Crippen LogP contribution in [-0.4, -0.2) is 13.1 Å². The Labute approximate surface area is 104 Å². The zero-order valence-electron chi connectivity index (χ0n) is 8.33. The first-order chi connectivity index (χ1) is 6.65. The zero-order chi connectivity index (χ0) is 10.6. The summed E-state index contributed by atoms with van der Waals surface area (Å²) < 4.78 is 5.49. The summed E-state index contributed by atoms with van der Waals surface area (Å²) in [5.74, 6) is -0.222. The van der Waals surface area contributed by atoms with Crippen LogP contribution in [0.5, 0.6) is 0 Å². The number of carbonyl (C=O) groups is 1. The van der Waals surface area contributed by atoms with E-state index in [1.807, 2.05) is 18.2 Å². The first kappa shape index (κ1) is 14.3. The number of methoxy groups -OCH3 is 1. The number of anilines is 1. The molecule has 0 unspecified atom stereocenters. The SMILES string of the molecule is COC(=O)CCc1c(N)cccc1Br.Cl. The van der Waals surface area contributed by atoms with E-state index in [9.17, 15) is 4.79 Å². The number of carbonyl (C=O) groups excluding carboxylic acids is 1. The fourth-order valence-corrected chi connectivity index (χ4v) is 1.75. The number of halogens is 2. The molecule has 0 aliphatic rings. The molecule has 0 aliphatic carbocycles. The van der Waals surface area contributed by atoms with E-state index in [0.29, 0.717) is 18.5 Å². The van der Waals surface area contributed by atoms with Crippen LogP contribution in [0, 0.1) is 0 Å². The van der Waals surface area contributed by atoms with Crippen LogP contribution in [0.2, 0.25) is 0 Å². The Bertz CT molecular complexity index is 324. The molecule has 0 atom stereocenters. The summed E-state index contributed by atoms with van der Waals surface area (Å²) in [4.78, 5) is 10.9. The Morgan fingerprint density at radius 1 is 1.53 bits per heavy atom. The zero-order valence-corrected chi connectivity index (χ0v) is 10.7. The average Bonchev–Trinajstić information content (AvgIpc) is 2.16. The van der Waals surface area contributed by atoms with Gasteiger partial charge in [0, 0.05) is 16.6 Å². The summed E-state index contributed by atoms with van der Waals surface area (Å²) in [7, 11) is 1.38. The largest absolute Gasteiger partial charge is 0.469 e. The second kappa shape index (κ2) is 6.69. The van der Waals surface area contributed by atoms with Gasteiger partial charge in [-0.15, -0.1) is 12.4 Å². The van der Waals surface area contributed by atoms with Gasteiger partial charge in [-0.2, -0.15) is 0 Å². The number of hydrogen-bond acceptors (Lipinski definition) is 3. The van der Waals surface area contributed by atoms with Gasteiger partial charge in [-0.05, 0) is 24.1 Å². The van der Waals surface area contributed by atoms with Gasteiger partial charge in [-0.1, -0.05) is 22.0 Å². The van der Waals surface area contributed by atoms with E-state index < -0.39 is 0 Å². The Balaban J connectivity index is 0.00000196. The lowest BCUT2D eigenvalue weighted by Crippen LogP contribution is -2.04. The molecule has 0 saturated heterocycles. The van der Waals surface area contributed by atoms with E-state index in [0.717, 1.165) is 10.0 Å². The quantitative estimate of drug-likeness (QED) is 0.688. The molecular weight excluding hydrogens is 281 g/mol. The van der Waals surface area contributed by atoms with E-state index in [-0.39, 0.29) is 18.4 Å². The molecule has 1 aromatic carbocycles. The second-order valence-electron chi connectivity index (χ2n) is 2.88. The molecule has 0 aromatic heterocycles. The van der Waals surface area contributed by atoms with Crippen molar-refractivity contribution in [2.24, 2.45) is 0 Å². The van der Waals surface area contributed by atoms with Crippen LogP contribution in [0.25, 0.3) is 0 Å². The molecule has 0 aliphatic heterocycles. The van der Waals surface area contributed by atoms with Crippen LogP contribution in [0.1, 0.15) is 12.0 Å². The number of rotatable bonds is 3. The molecule has 3 nitrogen and oxygen atoms in total. The first-order valence-electron chi connectivity index (χ1n) is 4.25. The van der Waals surface area contributed by atoms with Crippen molar-refractivity contribution in [2.45, 2.75) is 12.8 Å². The van der Waals surface area contributed by atoms with E-state index in [1.165, 1.54) is 7.11 Å². The fraction of sp³-hybridized carbons (Fsp3) is 0.300. The third-order valence-electron chi connectivity index (χ3n) is 1.96. The molecule has 0 saturated carbocycles. The first-order valence-corrected chi connectivity index (χ1v) is 5.04. The Morgan fingerprint density at radius 3 is 2.73 bits per heavy atom. The van der Waals surface area contributed by atoms with Gasteiger partial charge in [0.1, 0.15) is 0 Å². The van der Waals surface area contributed by atoms with E-state index >= 15 is 0 Å². The maximum absolute atomic E-state index is 10.9. The molecule has 0 spiro atoms. The molecule has 15 heavy (non-hydrogen) atoms. The predicted octanol–water partition coefficient (Wildman–Crippen LogP) is 2.56. The number of hydrogen-bond donors (Lipinski definition) is 1. The maximum Gasteiger partial charge on any atom is 0.305 e. The summed E-state index contributed by atoms with van der Waals surface area (Å²) in [6, 6.07) is 5.58. The normalized spacial score (nSPS) is 9.20. The third-order valence-corrected chi connectivity index (χ3v) is 2.70. The summed E-state index contributed by atoms with van der Waals surface area (Å²) >= 11 is 3.39. The van der Waals surface area contributed by atoms with E-state index in [2.05, 4.69) is 20.7 Å². The minimum Gasteiger partial charge on any atom is -0.469 e. The van der Waals surface area contributed by atoms with Gasteiger partial charge in [-0.25, -0.2) is 0 Å². The lowest BCUT2D eigenvalue weighted by molar-refractivity contribution is -0.140. The Hall–Kier alpha value is -0.740. The Morgan fingerprint density at radius 2 is 2.20 bits per heavy atom. The summed E-state index contributed by atoms with van der Waals surface area (Å²) in [6.07, 6.45) is 0.948. The van der Waals surface area contributed by atoms with Gasteiger partial charge >= 0.3 is 5.97 Å². The number of benzene rings is 1. The van der Waals surface area contributed by atoms with Crippen LogP contribution in [0.3, 0.4) is 0 Å². The van der Waals surface area contributed by atoms with E-state index in [1.54, 1.807) is 0 Å². The second-order valence-corrected chi connectivity index (χ2v) is 3.74. The summed E-state index contributed by atoms with van der Waals surface area (Å²) in [5, 5.41) is 0. The van der Waals surface area contributed by atoms with Crippen molar-refractivity contribution in [3.05, 3.63) is 28.2 Å². The summed E-state index contributed by atoms with van der Waals surface area (Å²) in [6.45, 7) is 0. The molecule has 1 aromatic rings. The third kappa shape index (κ3) is 4.10. The van der Waals surface area contributed by atoms with Crippen LogP contribution in [0.15, 0.2) is 22.7 Å². The van der Waals surface area contributed by atoms with Gasteiger partial charge in [-0.3, -0.25) is 4.79 Å². The monoisotopic (exact) mass is 293 g/mol. The summed E-state index contributed by atoms with van der Waals surface area (Å²) in [5.41, 5.74) is 7.42. The van der Waals surface area contributed by atoms with Crippen LogP contribution < -0.4 is 5.73 Å². The van der Waals surface area contributed by atoms with Crippen LogP contribution in [-0.2, 0) is 16.0 Å². The molecule has 5 heteroatoms. The molecule has 2 N–H and O–H groups in total. The molecule has 0 heterocycles. The van der Waals surface area contributed by atoms with Crippen molar-refractivity contribution in [2.75, 3.05) is 12.8 Å². The molecule has 0 fully saturated rings. The van der Waals surface area contributed by atoms with Gasteiger partial charge in [0.2, 0.25) is 0 Å². The van der Waals surface area contributed by atoms with Crippen molar-refractivity contribution < 1.29 is 9.53 Å². The van der Waals surface area contributed by atoms with E-state index in [4.69, 9.17) is 5.73 Å². The minimum atomic E-state index is -0.222. The fourth-order valence-electron chi connectivity index (χ4n) is 1.17. The highest BCUT2D eigenvalue weighted by atomic mass is 79.9. The maximum atomic E-state index is 10.9. The van der Waals surface area contributed by atoms with Crippen LogP contribution >= 0.6 is 28.3 Å². The topological polar surface area (TPSA) is 52.3 Å². The number of ether oxygens (including phenoxy) is 1. The lowest BCUT2D eigenvalue weighted by atomic mass is 10.1. The smallest absolute Gasteiger partial charge is 0.305 e.